The third kappa shape index (κ3) is 8.48. The molecule has 1 aliphatic rings. The topological polar surface area (TPSA) is 105 Å². The lowest BCUT2D eigenvalue weighted by Crippen LogP contribution is -2.54. The van der Waals surface area contributed by atoms with Crippen molar-refractivity contribution in [3.63, 3.8) is 0 Å². The normalized spacial score (nSPS) is 13.8. The van der Waals surface area contributed by atoms with Gasteiger partial charge in [0.15, 0.2) is 0 Å². The third-order valence-electron chi connectivity index (χ3n) is 8.49. The van der Waals surface area contributed by atoms with Crippen molar-refractivity contribution < 1.29 is 27.5 Å². The maximum atomic E-state index is 14.7. The molecule has 1 fully saturated rings. The van der Waals surface area contributed by atoms with Gasteiger partial charge in [-0.3, -0.25) is 13.9 Å². The van der Waals surface area contributed by atoms with Crippen molar-refractivity contribution in [3.8, 4) is 11.5 Å². The van der Waals surface area contributed by atoms with Gasteiger partial charge in [-0.1, -0.05) is 85.1 Å². The molecule has 1 N–H and O–H groups in total. The number of rotatable bonds is 14. The van der Waals surface area contributed by atoms with Crippen molar-refractivity contribution in [2.24, 2.45) is 0 Å². The average Bonchev–Trinajstić information content (AvgIpc) is 3.62. The largest absolute Gasteiger partial charge is 0.497 e. The fourth-order valence-electron chi connectivity index (χ4n) is 5.95. The number of carbonyl (C=O) groups is 2. The number of nitrogens with one attached hydrogen (secondary N) is 1. The molecule has 0 aromatic heterocycles. The zero-order chi connectivity index (χ0) is 34.1. The average molecular weight is 690 g/mol. The summed E-state index contributed by atoms with van der Waals surface area (Å²) in [4.78, 5) is 30.3. The van der Waals surface area contributed by atoms with Gasteiger partial charge < -0.3 is 19.7 Å². The van der Waals surface area contributed by atoms with Gasteiger partial charge in [0.05, 0.1) is 29.8 Å². The van der Waals surface area contributed by atoms with E-state index in [0.29, 0.717) is 11.5 Å². The van der Waals surface area contributed by atoms with E-state index < -0.39 is 28.5 Å². The zero-order valence-corrected chi connectivity index (χ0v) is 28.6. The molecule has 11 heteroatoms. The van der Waals surface area contributed by atoms with Crippen LogP contribution in [0.2, 0.25) is 5.02 Å². The summed E-state index contributed by atoms with van der Waals surface area (Å²) in [7, 11) is -1.24. The van der Waals surface area contributed by atoms with Crippen LogP contribution in [0.15, 0.2) is 108 Å². The zero-order valence-electron chi connectivity index (χ0n) is 27.0. The summed E-state index contributed by atoms with van der Waals surface area (Å²) in [6.45, 7) is -0.555. The van der Waals surface area contributed by atoms with Gasteiger partial charge in [0.2, 0.25) is 11.8 Å². The molecule has 4 aromatic rings. The van der Waals surface area contributed by atoms with Crippen LogP contribution in [0.4, 0.5) is 5.69 Å². The van der Waals surface area contributed by atoms with E-state index in [1.807, 2.05) is 42.5 Å². The highest BCUT2D eigenvalue weighted by molar-refractivity contribution is 7.92. The molecule has 5 rings (SSSR count). The van der Waals surface area contributed by atoms with Crippen LogP contribution in [0.25, 0.3) is 0 Å². The summed E-state index contributed by atoms with van der Waals surface area (Å²) < 4.78 is 40.2. The van der Waals surface area contributed by atoms with E-state index in [4.69, 9.17) is 21.1 Å². The van der Waals surface area contributed by atoms with E-state index >= 15 is 0 Å². The van der Waals surface area contributed by atoms with Crippen LogP contribution in [-0.4, -0.2) is 58.0 Å². The highest BCUT2D eigenvalue weighted by atomic mass is 35.5. The van der Waals surface area contributed by atoms with Gasteiger partial charge in [0.25, 0.3) is 10.0 Å². The van der Waals surface area contributed by atoms with Crippen LogP contribution in [-0.2, 0) is 32.6 Å². The van der Waals surface area contributed by atoms with Crippen molar-refractivity contribution in [1.82, 2.24) is 10.2 Å². The molecule has 0 aliphatic heterocycles. The van der Waals surface area contributed by atoms with Gasteiger partial charge in [-0.25, -0.2) is 8.42 Å². The molecule has 0 unspecified atom stereocenters. The SMILES string of the molecule is COc1cccc(CN(C(=O)CN(c2ccc(OC)c(Cl)c2)S(=O)(=O)c2ccccc2)[C@H](Cc2ccccc2)C(=O)NC2CCCC2)c1. The van der Waals surface area contributed by atoms with Crippen molar-refractivity contribution in [2.75, 3.05) is 25.1 Å². The molecule has 2 amide bonds. The molecule has 9 nitrogen and oxygen atoms in total. The number of halogens is 1. The second-order valence-electron chi connectivity index (χ2n) is 11.7. The van der Waals surface area contributed by atoms with Crippen molar-refractivity contribution >= 4 is 39.1 Å². The predicted molar refractivity (Wildman–Crippen MR) is 187 cm³/mol. The minimum absolute atomic E-state index is 0.00361. The Hall–Kier alpha value is -4.54. The van der Waals surface area contributed by atoms with Crippen LogP contribution in [0, 0.1) is 0 Å². The summed E-state index contributed by atoms with van der Waals surface area (Å²) in [5.41, 5.74) is 1.76. The number of amides is 2. The minimum atomic E-state index is -4.26. The summed E-state index contributed by atoms with van der Waals surface area (Å²) in [6, 6.07) is 28.3. The summed E-state index contributed by atoms with van der Waals surface area (Å²) >= 11 is 6.46. The molecular weight excluding hydrogens is 650 g/mol. The molecule has 0 radical (unpaired) electrons. The van der Waals surface area contributed by atoms with Crippen LogP contribution in [0.5, 0.6) is 11.5 Å². The van der Waals surface area contributed by atoms with Crippen LogP contribution in [0.1, 0.15) is 36.8 Å². The van der Waals surface area contributed by atoms with Gasteiger partial charge in [-0.15, -0.1) is 0 Å². The Balaban J connectivity index is 1.58. The lowest BCUT2D eigenvalue weighted by Gasteiger charge is -2.34. The number of carbonyl (C=O) groups excluding carboxylic acids is 2. The monoisotopic (exact) mass is 689 g/mol. The van der Waals surface area contributed by atoms with E-state index in [1.165, 1.54) is 30.2 Å². The van der Waals surface area contributed by atoms with Crippen LogP contribution in [0.3, 0.4) is 0 Å². The Morgan fingerprint density at radius 1 is 0.854 bits per heavy atom. The molecule has 0 spiro atoms. The van der Waals surface area contributed by atoms with Crippen LogP contribution < -0.4 is 19.1 Å². The first kappa shape index (κ1) is 34.8. The highest BCUT2D eigenvalue weighted by Crippen LogP contribution is 2.32. The van der Waals surface area contributed by atoms with Gasteiger partial charge in [0.1, 0.15) is 24.1 Å². The number of anilines is 1. The first-order valence-electron chi connectivity index (χ1n) is 15.9. The Bertz CT molecular complexity index is 1800. The number of hydrogen-bond donors (Lipinski definition) is 1. The molecule has 1 aliphatic carbocycles. The number of ether oxygens (including phenoxy) is 2. The number of sulfonamides is 1. The Labute approximate surface area is 287 Å². The van der Waals surface area contributed by atoms with Crippen LogP contribution >= 0.6 is 11.6 Å². The smallest absolute Gasteiger partial charge is 0.264 e. The molecule has 1 atom stereocenters. The van der Waals surface area contributed by atoms with Gasteiger partial charge >= 0.3 is 0 Å². The van der Waals surface area contributed by atoms with E-state index in [1.54, 1.807) is 49.6 Å². The summed E-state index contributed by atoms with van der Waals surface area (Å²) in [6.07, 6.45) is 4.02. The second kappa shape index (κ2) is 16.0. The Kier molecular flexibility index (Phi) is 11.6. The fraction of sp³-hybridized carbons (Fsp3) is 0.297. The van der Waals surface area contributed by atoms with E-state index in [0.717, 1.165) is 41.1 Å². The molecule has 0 heterocycles. The molecule has 0 saturated heterocycles. The van der Waals surface area contributed by atoms with Crippen molar-refractivity contribution in [1.29, 1.82) is 0 Å². The number of benzene rings is 4. The molecule has 4 aromatic carbocycles. The molecule has 0 bridgehead atoms. The maximum absolute atomic E-state index is 14.7. The van der Waals surface area contributed by atoms with Crippen molar-refractivity contribution in [3.05, 3.63) is 119 Å². The number of hydrogen-bond acceptors (Lipinski definition) is 6. The number of nitrogens with zero attached hydrogens (tertiary/aromatic N) is 2. The standard InChI is InChI=1S/C37H40ClN3O6S/c1-46-31-17-11-14-28(22-31)25-40(34(23-27-12-5-3-6-13-27)37(43)39-29-15-9-10-16-29)36(42)26-41(30-20-21-35(47-2)33(38)24-30)48(44,45)32-18-7-4-8-19-32/h3-8,11-14,17-22,24,29,34H,9-10,15-16,23,25-26H2,1-2H3,(H,39,43)/t34-/m1/s1. The van der Waals surface area contributed by atoms with Gasteiger partial charge in [0, 0.05) is 19.0 Å². The summed E-state index contributed by atoms with van der Waals surface area (Å²) in [5, 5.41) is 3.37. The van der Waals surface area contributed by atoms with E-state index in [-0.39, 0.29) is 40.5 Å². The number of methoxy groups -OCH3 is 2. The highest BCUT2D eigenvalue weighted by Gasteiger charge is 2.35. The van der Waals surface area contributed by atoms with E-state index in [9.17, 15) is 18.0 Å². The maximum Gasteiger partial charge on any atom is 0.264 e. The minimum Gasteiger partial charge on any atom is -0.497 e. The molecule has 48 heavy (non-hydrogen) atoms. The summed E-state index contributed by atoms with van der Waals surface area (Å²) in [5.74, 6) is 0.102. The molecule has 252 valence electrons. The first-order chi connectivity index (χ1) is 23.2. The van der Waals surface area contributed by atoms with Gasteiger partial charge in [-0.05, 0) is 66.4 Å². The lowest BCUT2D eigenvalue weighted by atomic mass is 10.0. The molecule has 1 saturated carbocycles. The Morgan fingerprint density at radius 2 is 1.52 bits per heavy atom. The van der Waals surface area contributed by atoms with E-state index in [2.05, 4.69) is 5.32 Å². The van der Waals surface area contributed by atoms with Gasteiger partial charge in [-0.2, -0.15) is 0 Å². The third-order valence-corrected chi connectivity index (χ3v) is 10.6. The fourth-order valence-corrected chi connectivity index (χ4v) is 7.63. The quantitative estimate of drug-likeness (QED) is 0.168. The van der Waals surface area contributed by atoms with Crippen molar-refractivity contribution in [2.45, 2.75) is 55.6 Å². The first-order valence-corrected chi connectivity index (χ1v) is 17.7. The lowest BCUT2D eigenvalue weighted by molar-refractivity contribution is -0.140. The second-order valence-corrected chi connectivity index (χ2v) is 14.0. The molecular formula is C37H40ClN3O6S. The predicted octanol–water partition coefficient (Wildman–Crippen LogP) is 6.25. The Morgan fingerprint density at radius 3 is 2.17 bits per heavy atom.